The van der Waals surface area contributed by atoms with Gasteiger partial charge in [-0.1, -0.05) is 75.7 Å². The molecule has 2 saturated heterocycles. The Kier molecular flexibility index (Phi) is 12.3. The average Bonchev–Trinajstić information content (AvgIpc) is 3.66. The molecule has 5 heterocycles. The third kappa shape index (κ3) is 10.1. The van der Waals surface area contributed by atoms with E-state index in [0.717, 1.165) is 59.3 Å². The Morgan fingerprint density at radius 3 is 2.02 bits per heavy atom. The molecule has 2 aliphatic heterocycles. The molecule has 6 rings (SSSR count). The lowest BCUT2D eigenvalue weighted by atomic mass is 9.86. The van der Waals surface area contributed by atoms with Gasteiger partial charge in [0, 0.05) is 70.3 Å². The highest BCUT2D eigenvalue weighted by Gasteiger charge is 2.46. The van der Waals surface area contributed by atoms with Crippen molar-refractivity contribution in [3.8, 4) is 22.4 Å². The topological polar surface area (TPSA) is 111 Å². The number of piperidine rings is 1. The minimum atomic E-state index is -1.34. The number of hydrogen-bond donors (Lipinski definition) is 0. The predicted octanol–water partition coefficient (Wildman–Crippen LogP) is 9.35. The van der Waals surface area contributed by atoms with E-state index >= 15 is 0 Å². The standard InChI is InChI=1S/C42H60N6O5Si2/c1-42(2,3)53-41(50)47-33-16-17-34(47)24-32(23-33)38-36(27-49)40(46(28-51-19-21-54(4,5)6)29-52-20-22-55(7,8)9)48-39(45-38)35(26-44-48)31-15-18-37(43-25-31)30-13-11-10-12-14-30/h10-15,18,25-27,32-34H,16-17,19-24,28-29H2,1-9H3. The first-order valence-electron chi connectivity index (χ1n) is 19.8. The first-order chi connectivity index (χ1) is 26.0. The Morgan fingerprint density at radius 1 is 0.873 bits per heavy atom. The van der Waals surface area contributed by atoms with Crippen LogP contribution in [0.15, 0.2) is 54.9 Å². The molecule has 2 bridgehead atoms. The smallest absolute Gasteiger partial charge is 0.410 e. The normalized spacial score (nSPS) is 18.9. The Hall–Kier alpha value is -3.92. The van der Waals surface area contributed by atoms with Crippen molar-refractivity contribution in [1.82, 2.24) is 24.5 Å². The monoisotopic (exact) mass is 784 g/mol. The first-order valence-corrected chi connectivity index (χ1v) is 27.2. The van der Waals surface area contributed by atoms with Crippen LogP contribution in [0.3, 0.4) is 0 Å². The molecular formula is C42H60N6O5Si2. The highest BCUT2D eigenvalue weighted by Crippen LogP contribution is 2.45. The van der Waals surface area contributed by atoms with E-state index in [1.165, 1.54) is 0 Å². The number of aromatic nitrogens is 4. The average molecular weight is 785 g/mol. The second kappa shape index (κ2) is 16.7. The van der Waals surface area contributed by atoms with E-state index in [0.29, 0.717) is 43.1 Å². The van der Waals surface area contributed by atoms with Crippen molar-refractivity contribution in [3.63, 3.8) is 0 Å². The summed E-state index contributed by atoms with van der Waals surface area (Å²) in [6, 6.07) is 16.2. The van der Waals surface area contributed by atoms with Crippen molar-refractivity contribution in [2.45, 2.75) is 121 Å². The van der Waals surface area contributed by atoms with E-state index < -0.39 is 21.7 Å². The zero-order valence-electron chi connectivity index (χ0n) is 34.3. The van der Waals surface area contributed by atoms with Crippen LogP contribution in [-0.4, -0.2) is 97.4 Å². The molecule has 55 heavy (non-hydrogen) atoms. The van der Waals surface area contributed by atoms with Crippen LogP contribution in [-0.2, 0) is 14.2 Å². The summed E-state index contributed by atoms with van der Waals surface area (Å²) < 4.78 is 20.4. The van der Waals surface area contributed by atoms with Gasteiger partial charge in [0.1, 0.15) is 24.9 Å². The molecule has 2 fully saturated rings. The maximum absolute atomic E-state index is 13.4. The molecule has 3 aromatic heterocycles. The van der Waals surface area contributed by atoms with Gasteiger partial charge in [-0.3, -0.25) is 9.78 Å². The number of rotatable bonds is 15. The summed E-state index contributed by atoms with van der Waals surface area (Å²) in [6.45, 7) is 21.5. The number of carbonyl (C=O) groups excluding carboxylic acids is 2. The summed E-state index contributed by atoms with van der Waals surface area (Å²) in [5.41, 5.74) is 4.88. The molecule has 296 valence electrons. The number of nitrogens with zero attached hydrogens (tertiary/aromatic N) is 6. The molecule has 0 radical (unpaired) electrons. The summed E-state index contributed by atoms with van der Waals surface area (Å²) in [6.07, 6.45) is 7.51. The van der Waals surface area contributed by atoms with Gasteiger partial charge in [0.25, 0.3) is 0 Å². The van der Waals surface area contributed by atoms with Crippen LogP contribution in [0.4, 0.5) is 10.6 Å². The first kappa shape index (κ1) is 40.7. The van der Waals surface area contributed by atoms with Gasteiger partial charge >= 0.3 is 6.09 Å². The van der Waals surface area contributed by atoms with E-state index in [9.17, 15) is 9.59 Å². The fraction of sp³-hybridized carbons (Fsp3) is 0.548. The van der Waals surface area contributed by atoms with Crippen LogP contribution < -0.4 is 4.90 Å². The molecule has 2 atom stereocenters. The number of pyridine rings is 1. The molecule has 2 aliphatic rings. The quantitative estimate of drug-likeness (QED) is 0.0504. The zero-order valence-corrected chi connectivity index (χ0v) is 36.3. The summed E-state index contributed by atoms with van der Waals surface area (Å²) in [7, 11) is -2.69. The van der Waals surface area contributed by atoms with Gasteiger partial charge in [0.15, 0.2) is 11.9 Å². The number of fused-ring (bicyclic) bond motifs is 3. The minimum absolute atomic E-state index is 0.00425. The maximum atomic E-state index is 13.4. The fourth-order valence-corrected chi connectivity index (χ4v) is 9.06. The second-order valence-electron chi connectivity index (χ2n) is 18.6. The molecule has 0 spiro atoms. The van der Waals surface area contributed by atoms with Crippen molar-refractivity contribution in [3.05, 3.63) is 66.1 Å². The van der Waals surface area contributed by atoms with Gasteiger partial charge in [-0.2, -0.15) is 9.61 Å². The van der Waals surface area contributed by atoms with Crippen LogP contribution in [0.5, 0.6) is 0 Å². The highest BCUT2D eigenvalue weighted by molar-refractivity contribution is 6.76. The number of benzene rings is 1. The van der Waals surface area contributed by atoms with Gasteiger partial charge in [-0.25, -0.2) is 9.78 Å². The van der Waals surface area contributed by atoms with Crippen molar-refractivity contribution in [1.29, 1.82) is 0 Å². The third-order valence-electron chi connectivity index (χ3n) is 10.5. The van der Waals surface area contributed by atoms with Crippen molar-refractivity contribution in [2.75, 3.05) is 31.6 Å². The van der Waals surface area contributed by atoms with E-state index in [4.69, 9.17) is 29.3 Å². The number of aldehydes is 1. The molecule has 0 aliphatic carbocycles. The van der Waals surface area contributed by atoms with Gasteiger partial charge in [-0.15, -0.1) is 0 Å². The van der Waals surface area contributed by atoms with Gasteiger partial charge < -0.3 is 24.0 Å². The molecule has 11 nitrogen and oxygen atoms in total. The number of amides is 1. The van der Waals surface area contributed by atoms with E-state index in [2.05, 4.69) is 45.3 Å². The van der Waals surface area contributed by atoms with Crippen LogP contribution in [0.25, 0.3) is 28.0 Å². The number of ether oxygens (including phenoxy) is 3. The summed E-state index contributed by atoms with van der Waals surface area (Å²) in [5, 5.41) is 4.90. The summed E-state index contributed by atoms with van der Waals surface area (Å²) in [5.74, 6) is 0.557. The predicted molar refractivity (Wildman–Crippen MR) is 224 cm³/mol. The molecule has 1 aromatic carbocycles. The minimum Gasteiger partial charge on any atom is -0.444 e. The van der Waals surface area contributed by atoms with Crippen LogP contribution >= 0.6 is 0 Å². The van der Waals surface area contributed by atoms with E-state index in [-0.39, 0.29) is 37.6 Å². The molecule has 0 N–H and O–H groups in total. The molecule has 13 heteroatoms. The maximum Gasteiger partial charge on any atom is 0.410 e. The van der Waals surface area contributed by atoms with Crippen molar-refractivity contribution < 1.29 is 23.8 Å². The molecule has 2 unspecified atom stereocenters. The van der Waals surface area contributed by atoms with E-state index in [1.807, 2.05) is 79.4 Å². The molecule has 4 aromatic rings. The largest absolute Gasteiger partial charge is 0.444 e. The Bertz CT molecular complexity index is 1900. The molecular weight excluding hydrogens is 725 g/mol. The van der Waals surface area contributed by atoms with Crippen LogP contribution in [0.2, 0.25) is 51.4 Å². The zero-order chi connectivity index (χ0) is 39.5. The van der Waals surface area contributed by atoms with Gasteiger partial charge in [-0.05, 0) is 64.6 Å². The lowest BCUT2D eigenvalue weighted by Gasteiger charge is -2.39. The van der Waals surface area contributed by atoms with Gasteiger partial charge in [0.2, 0.25) is 0 Å². The van der Waals surface area contributed by atoms with Gasteiger partial charge in [0.05, 0.1) is 23.1 Å². The van der Waals surface area contributed by atoms with Crippen molar-refractivity contribution >= 4 is 40.0 Å². The number of carbonyl (C=O) groups is 2. The fourth-order valence-electron chi connectivity index (χ4n) is 7.55. The Balaban J connectivity index is 1.42. The number of anilines is 1. The summed E-state index contributed by atoms with van der Waals surface area (Å²) in [4.78, 5) is 40.9. The highest BCUT2D eigenvalue weighted by atomic mass is 28.3. The van der Waals surface area contributed by atoms with Crippen molar-refractivity contribution in [2.24, 2.45) is 0 Å². The molecule has 0 saturated carbocycles. The Morgan fingerprint density at radius 2 is 1.49 bits per heavy atom. The summed E-state index contributed by atoms with van der Waals surface area (Å²) >= 11 is 0. The third-order valence-corrected chi connectivity index (χ3v) is 13.9. The van der Waals surface area contributed by atoms with Crippen LogP contribution in [0.1, 0.15) is 68.4 Å². The Labute approximate surface area is 328 Å². The number of hydrogen-bond acceptors (Lipinski definition) is 9. The molecule has 1 amide bonds. The SMILES string of the molecule is CC(C)(C)OC(=O)N1C2CCC1CC(c1nc3c(-c4ccc(-c5ccccc5)nc4)cnn3c(N(COCC[Si](C)(C)C)COCC[Si](C)(C)C)c1C=O)C2. The second-order valence-corrected chi connectivity index (χ2v) is 29.9. The lowest BCUT2D eigenvalue weighted by molar-refractivity contribution is 0.00564. The van der Waals surface area contributed by atoms with Crippen LogP contribution in [0, 0.1) is 0 Å². The van der Waals surface area contributed by atoms with E-state index in [1.54, 1.807) is 4.52 Å². The lowest BCUT2D eigenvalue weighted by Crippen LogP contribution is -2.48.